The molecule has 0 aromatic heterocycles. The average Bonchev–Trinajstić information content (AvgIpc) is 2.69. The van der Waals surface area contributed by atoms with Crippen LogP contribution in [0.2, 0.25) is 0 Å². The van der Waals surface area contributed by atoms with Crippen molar-refractivity contribution >= 4 is 40.2 Å². The van der Waals surface area contributed by atoms with Crippen LogP contribution in [0.4, 0.5) is 5.69 Å². The molecule has 6 heteroatoms. The number of anilines is 1. The summed E-state index contributed by atoms with van der Waals surface area (Å²) in [6.45, 7) is -0.354. The molecule has 5 nitrogen and oxygen atoms in total. The lowest BCUT2D eigenvalue weighted by Gasteiger charge is -2.08. The van der Waals surface area contributed by atoms with Gasteiger partial charge in [0, 0.05) is 9.26 Å². The van der Waals surface area contributed by atoms with Gasteiger partial charge in [-0.1, -0.05) is 18.2 Å². The van der Waals surface area contributed by atoms with E-state index in [1.54, 1.807) is 48.5 Å². The van der Waals surface area contributed by atoms with Gasteiger partial charge in [-0.3, -0.25) is 4.79 Å². The molecule has 0 fully saturated rings. The van der Waals surface area contributed by atoms with Crippen LogP contribution >= 0.6 is 22.6 Å². The lowest BCUT2D eigenvalue weighted by atomic mass is 10.2. The van der Waals surface area contributed by atoms with E-state index in [4.69, 9.17) is 9.47 Å². The van der Waals surface area contributed by atoms with Crippen LogP contribution in [0.5, 0.6) is 11.5 Å². The first kappa shape index (κ1) is 18.9. The largest absolute Gasteiger partial charge is 0.457 e. The molecule has 0 unspecified atom stereocenters. The molecule has 0 aliphatic heterocycles. The fourth-order valence-electron chi connectivity index (χ4n) is 2.23. The fourth-order valence-corrected chi connectivity index (χ4v) is 2.59. The van der Waals surface area contributed by atoms with Crippen LogP contribution in [0.15, 0.2) is 78.9 Å². The second kappa shape index (κ2) is 9.18. The number of nitrogens with one attached hydrogen (secondary N) is 1. The highest BCUT2D eigenvalue weighted by Crippen LogP contribution is 2.22. The van der Waals surface area contributed by atoms with Gasteiger partial charge in [-0.15, -0.1) is 0 Å². The van der Waals surface area contributed by atoms with Gasteiger partial charge in [-0.2, -0.15) is 0 Å². The van der Waals surface area contributed by atoms with Crippen LogP contribution in [0, 0.1) is 3.57 Å². The first-order valence-electron chi connectivity index (χ1n) is 8.16. The highest BCUT2D eigenvalue weighted by molar-refractivity contribution is 14.1. The molecule has 27 heavy (non-hydrogen) atoms. The zero-order chi connectivity index (χ0) is 19.1. The first-order chi connectivity index (χ1) is 13.1. The Labute approximate surface area is 170 Å². The molecule has 0 bridgehead atoms. The third kappa shape index (κ3) is 5.82. The molecule has 0 spiro atoms. The van der Waals surface area contributed by atoms with E-state index in [9.17, 15) is 9.59 Å². The van der Waals surface area contributed by atoms with Gasteiger partial charge in [0.2, 0.25) is 0 Å². The number of rotatable bonds is 6. The number of carbonyl (C=O) groups is 2. The summed E-state index contributed by atoms with van der Waals surface area (Å²) >= 11 is 2.15. The van der Waals surface area contributed by atoms with Crippen molar-refractivity contribution < 1.29 is 19.1 Å². The van der Waals surface area contributed by atoms with E-state index in [2.05, 4.69) is 27.9 Å². The molecule has 0 aliphatic rings. The predicted molar refractivity (Wildman–Crippen MR) is 111 cm³/mol. The Morgan fingerprint density at radius 3 is 2.11 bits per heavy atom. The lowest BCUT2D eigenvalue weighted by molar-refractivity contribution is -0.119. The minimum atomic E-state index is -0.534. The van der Waals surface area contributed by atoms with Crippen LogP contribution in [-0.4, -0.2) is 18.5 Å². The summed E-state index contributed by atoms with van der Waals surface area (Å²) in [5, 5.41) is 2.68. The van der Waals surface area contributed by atoms with Crippen molar-refractivity contribution in [3.63, 3.8) is 0 Å². The molecule has 1 N–H and O–H groups in total. The molecule has 0 heterocycles. The lowest BCUT2D eigenvalue weighted by Crippen LogP contribution is -2.20. The number of halogens is 1. The Morgan fingerprint density at radius 1 is 0.815 bits per heavy atom. The highest BCUT2D eigenvalue weighted by atomic mass is 127. The zero-order valence-corrected chi connectivity index (χ0v) is 16.4. The van der Waals surface area contributed by atoms with Crippen molar-refractivity contribution in [2.24, 2.45) is 0 Å². The van der Waals surface area contributed by atoms with Gasteiger partial charge in [0.1, 0.15) is 11.5 Å². The van der Waals surface area contributed by atoms with Gasteiger partial charge >= 0.3 is 5.97 Å². The number of esters is 1. The standard InChI is InChI=1S/C21H16INO4/c22-16-8-6-15(7-9-16)21(25)26-14-20(24)23-17-10-12-19(13-11-17)27-18-4-2-1-3-5-18/h1-13H,14H2,(H,23,24). The van der Waals surface area contributed by atoms with Crippen LogP contribution in [-0.2, 0) is 9.53 Å². The molecule has 0 aliphatic carbocycles. The quantitative estimate of drug-likeness (QED) is 0.410. The van der Waals surface area contributed by atoms with Gasteiger partial charge in [-0.25, -0.2) is 4.79 Å². The maximum Gasteiger partial charge on any atom is 0.338 e. The number of hydrogen-bond acceptors (Lipinski definition) is 4. The summed E-state index contributed by atoms with van der Waals surface area (Å²) in [7, 11) is 0. The smallest absolute Gasteiger partial charge is 0.338 e. The minimum absolute atomic E-state index is 0.354. The topological polar surface area (TPSA) is 64.6 Å². The number of ether oxygens (including phenoxy) is 2. The number of benzene rings is 3. The summed E-state index contributed by atoms with van der Waals surface area (Å²) < 4.78 is 11.7. The van der Waals surface area contributed by atoms with E-state index in [0.29, 0.717) is 17.0 Å². The maximum absolute atomic E-state index is 12.0. The Kier molecular flexibility index (Phi) is 6.43. The van der Waals surface area contributed by atoms with E-state index >= 15 is 0 Å². The summed E-state index contributed by atoms with van der Waals surface area (Å²) in [6, 6.07) is 23.3. The summed E-state index contributed by atoms with van der Waals surface area (Å²) in [6.07, 6.45) is 0. The molecule has 0 radical (unpaired) electrons. The predicted octanol–water partition coefficient (Wildman–Crippen LogP) is 4.88. The van der Waals surface area contributed by atoms with Gasteiger partial charge in [0.25, 0.3) is 5.91 Å². The van der Waals surface area contributed by atoms with Crippen molar-refractivity contribution in [2.45, 2.75) is 0 Å². The van der Waals surface area contributed by atoms with Crippen LogP contribution < -0.4 is 10.1 Å². The Morgan fingerprint density at radius 2 is 1.44 bits per heavy atom. The molecule has 3 aromatic carbocycles. The number of carbonyl (C=O) groups excluding carboxylic acids is 2. The Bertz CT molecular complexity index is 909. The number of para-hydroxylation sites is 1. The normalized spacial score (nSPS) is 10.1. The molecule has 3 aromatic rings. The zero-order valence-electron chi connectivity index (χ0n) is 14.2. The van der Waals surface area contributed by atoms with Gasteiger partial charge in [0.05, 0.1) is 5.56 Å². The van der Waals surface area contributed by atoms with Crippen LogP contribution in [0.3, 0.4) is 0 Å². The molecular formula is C21H16INO4. The Hall–Kier alpha value is -2.87. The third-order valence-corrected chi connectivity index (χ3v) is 4.25. The third-order valence-electron chi connectivity index (χ3n) is 3.53. The van der Waals surface area contributed by atoms with E-state index < -0.39 is 11.9 Å². The van der Waals surface area contributed by atoms with Crippen molar-refractivity contribution in [3.05, 3.63) is 88.0 Å². The van der Waals surface area contributed by atoms with Gasteiger partial charge in [0.15, 0.2) is 6.61 Å². The van der Waals surface area contributed by atoms with Gasteiger partial charge < -0.3 is 14.8 Å². The molecule has 0 saturated carbocycles. The molecule has 3 rings (SSSR count). The summed E-state index contributed by atoms with van der Waals surface area (Å²) in [5.41, 5.74) is 0.997. The molecule has 1 amide bonds. The molecule has 0 atom stereocenters. The van der Waals surface area contributed by atoms with Crippen molar-refractivity contribution in [1.29, 1.82) is 0 Å². The first-order valence-corrected chi connectivity index (χ1v) is 9.23. The SMILES string of the molecule is O=C(COC(=O)c1ccc(I)cc1)Nc1ccc(Oc2ccccc2)cc1. The van der Waals surface area contributed by atoms with Crippen molar-refractivity contribution in [2.75, 3.05) is 11.9 Å². The second-order valence-corrected chi connectivity index (χ2v) is 6.82. The highest BCUT2D eigenvalue weighted by Gasteiger charge is 2.10. The van der Waals surface area contributed by atoms with Crippen molar-refractivity contribution in [1.82, 2.24) is 0 Å². The number of hydrogen-bond donors (Lipinski definition) is 1. The monoisotopic (exact) mass is 473 g/mol. The van der Waals surface area contributed by atoms with E-state index in [1.807, 2.05) is 30.3 Å². The van der Waals surface area contributed by atoms with Crippen molar-refractivity contribution in [3.8, 4) is 11.5 Å². The van der Waals surface area contributed by atoms with Gasteiger partial charge in [-0.05, 0) is 83.3 Å². The molecule has 0 saturated heterocycles. The van der Waals surface area contributed by atoms with E-state index in [1.165, 1.54) is 0 Å². The average molecular weight is 473 g/mol. The minimum Gasteiger partial charge on any atom is -0.457 e. The fraction of sp³-hybridized carbons (Fsp3) is 0.0476. The van der Waals surface area contributed by atoms with E-state index in [0.717, 1.165) is 9.32 Å². The summed E-state index contributed by atoms with van der Waals surface area (Å²) in [5.74, 6) is 0.444. The van der Waals surface area contributed by atoms with Crippen LogP contribution in [0.25, 0.3) is 0 Å². The second-order valence-electron chi connectivity index (χ2n) is 5.57. The summed E-state index contributed by atoms with van der Waals surface area (Å²) in [4.78, 5) is 23.9. The van der Waals surface area contributed by atoms with E-state index in [-0.39, 0.29) is 6.61 Å². The molecule has 136 valence electrons. The number of amides is 1. The molecular weight excluding hydrogens is 457 g/mol. The Balaban J connectivity index is 1.49. The van der Waals surface area contributed by atoms with Crippen LogP contribution in [0.1, 0.15) is 10.4 Å². The maximum atomic E-state index is 12.0.